The van der Waals surface area contributed by atoms with Crippen LogP contribution in [0.3, 0.4) is 0 Å². The molecule has 0 amide bonds. The minimum Gasteiger partial charge on any atom is -0.463 e. The lowest BCUT2D eigenvalue weighted by Gasteiger charge is -2.31. The predicted molar refractivity (Wildman–Crippen MR) is 209 cm³/mol. The van der Waals surface area contributed by atoms with E-state index >= 15 is 0 Å². The molecular formula is C43H36F6N6O5. The second kappa shape index (κ2) is 14.4. The largest absolute Gasteiger partial charge is 0.463 e. The fourth-order valence-electron chi connectivity index (χ4n) is 8.39. The normalized spacial score (nSPS) is 16.0. The number of aryl methyl sites for hydroxylation is 2. The molecule has 2 unspecified atom stereocenters. The van der Waals surface area contributed by atoms with Crippen LogP contribution in [0.2, 0.25) is 0 Å². The highest BCUT2D eigenvalue weighted by atomic mass is 19.4. The Labute approximate surface area is 336 Å². The van der Waals surface area contributed by atoms with Gasteiger partial charge in [-0.3, -0.25) is 4.79 Å². The number of para-hydroxylation sites is 2. The van der Waals surface area contributed by atoms with Gasteiger partial charge in [-0.2, -0.15) is 45.9 Å². The molecule has 0 spiro atoms. The first-order valence-electron chi connectivity index (χ1n) is 18.8. The Bertz CT molecular complexity index is 2960. The van der Waals surface area contributed by atoms with Gasteiger partial charge in [0.25, 0.3) is 5.91 Å². The Morgan fingerprint density at radius 1 is 0.617 bits per heavy atom. The van der Waals surface area contributed by atoms with Crippen molar-refractivity contribution in [2.24, 2.45) is 20.0 Å². The molecule has 2 atom stereocenters. The number of carboxylic acid groups (broad SMARTS) is 1. The van der Waals surface area contributed by atoms with E-state index in [4.69, 9.17) is 5.11 Å². The molecule has 4 aromatic carbocycles. The zero-order chi connectivity index (χ0) is 42.9. The maximum absolute atomic E-state index is 14.4. The number of hydrogen-bond acceptors (Lipinski definition) is 6. The van der Waals surface area contributed by atoms with E-state index in [-0.39, 0.29) is 44.8 Å². The van der Waals surface area contributed by atoms with Crippen LogP contribution in [-0.2, 0) is 25.3 Å². The molecule has 1 fully saturated rings. The summed E-state index contributed by atoms with van der Waals surface area (Å²) in [6.07, 6.45) is -2.68. The van der Waals surface area contributed by atoms with E-state index in [1.54, 1.807) is 61.1 Å². The van der Waals surface area contributed by atoms with Crippen molar-refractivity contribution in [1.29, 1.82) is 0 Å². The van der Waals surface area contributed by atoms with Gasteiger partial charge in [-0.05, 0) is 60.4 Å². The second-order valence-electron chi connectivity index (χ2n) is 15.0. The fourth-order valence-corrected chi connectivity index (χ4v) is 8.39. The van der Waals surface area contributed by atoms with Crippen molar-refractivity contribution < 1.29 is 51.3 Å². The summed E-state index contributed by atoms with van der Waals surface area (Å²) in [7, 11) is 3.24. The van der Waals surface area contributed by atoms with Gasteiger partial charge in [0.15, 0.2) is 0 Å². The molecule has 3 N–H and O–H groups in total. The minimum absolute atomic E-state index is 0.111. The van der Waals surface area contributed by atoms with Gasteiger partial charge in [-0.15, -0.1) is 0 Å². The Morgan fingerprint density at radius 2 is 1.03 bits per heavy atom. The molecule has 1 saturated carbocycles. The standard InChI is InChI=1S/C24H22F3N3O2.C19H14F3N3O3/c1-29-14-19(18-8-4-5-9-21(18)29)23(32,24(25,26)27)17-10-11-20-16(12-17)13-28-30(20)22(31)15-6-2-3-7-15;1-24-10-14(13-4-2-3-5-16(13)24)18(28,19(20,21)22)12-6-7-15-11(8-12)9-23-25(15)17(26)27/h4-5,8-15,32H,2-3,6-7H2,1H3;2-10,28H,1H3,(H,26,27). The number of carbonyl (C=O) groups excluding carboxylic acids is 1. The minimum atomic E-state index is -5.02. The first-order chi connectivity index (χ1) is 28.4. The summed E-state index contributed by atoms with van der Waals surface area (Å²) in [6.45, 7) is 0. The van der Waals surface area contributed by atoms with Gasteiger partial charge in [0, 0.05) is 76.1 Å². The smallest absolute Gasteiger partial charge is 0.432 e. The van der Waals surface area contributed by atoms with E-state index in [1.165, 1.54) is 58.2 Å². The van der Waals surface area contributed by atoms with Gasteiger partial charge in [0.2, 0.25) is 11.2 Å². The quantitative estimate of drug-likeness (QED) is 0.147. The number of rotatable bonds is 5. The topological polar surface area (TPSA) is 140 Å². The molecule has 310 valence electrons. The van der Waals surface area contributed by atoms with E-state index < -0.39 is 35.2 Å². The number of fused-ring (bicyclic) bond motifs is 4. The van der Waals surface area contributed by atoms with Gasteiger partial charge in [0.05, 0.1) is 23.4 Å². The summed E-state index contributed by atoms with van der Waals surface area (Å²) < 4.78 is 90.8. The van der Waals surface area contributed by atoms with Crippen molar-refractivity contribution in [3.8, 4) is 0 Å². The number of aliphatic hydroxyl groups is 2. The van der Waals surface area contributed by atoms with E-state index in [2.05, 4.69) is 10.2 Å². The Balaban J connectivity index is 0.000000168. The zero-order valence-corrected chi connectivity index (χ0v) is 31.9. The molecule has 0 aliphatic heterocycles. The van der Waals surface area contributed by atoms with E-state index in [1.807, 2.05) is 0 Å². The highest BCUT2D eigenvalue weighted by molar-refractivity contribution is 5.93. The summed E-state index contributed by atoms with van der Waals surface area (Å²) in [6, 6.07) is 20.5. The van der Waals surface area contributed by atoms with E-state index in [0.29, 0.717) is 32.0 Å². The zero-order valence-electron chi connectivity index (χ0n) is 31.9. The molecule has 11 nitrogen and oxygen atoms in total. The molecule has 60 heavy (non-hydrogen) atoms. The Hall–Kier alpha value is -6.46. The summed E-state index contributed by atoms with van der Waals surface area (Å²) in [4.78, 5) is 24.0. The number of hydrogen-bond donors (Lipinski definition) is 3. The van der Waals surface area contributed by atoms with E-state index in [0.717, 1.165) is 44.0 Å². The molecule has 4 heterocycles. The number of benzene rings is 4. The van der Waals surface area contributed by atoms with Crippen molar-refractivity contribution in [2.75, 3.05) is 0 Å². The third kappa shape index (κ3) is 6.30. The SMILES string of the molecule is Cn1cc(C(O)(c2ccc3c(cnn3C(=O)C3CCCC3)c2)C(F)(F)F)c2ccccc21.Cn1cc(C(O)(c2ccc3c(cnn3C(=O)O)c2)C(F)(F)F)c2ccccc21. The molecule has 9 rings (SSSR count). The second-order valence-corrected chi connectivity index (χ2v) is 15.0. The molecule has 1 aliphatic rings. The van der Waals surface area contributed by atoms with E-state index in [9.17, 15) is 46.1 Å². The predicted octanol–water partition coefficient (Wildman–Crippen LogP) is 9.01. The summed E-state index contributed by atoms with van der Waals surface area (Å²) in [5.74, 6) is -0.244. The number of alkyl halides is 6. The van der Waals surface area contributed by atoms with Crippen molar-refractivity contribution in [2.45, 2.75) is 49.2 Å². The van der Waals surface area contributed by atoms with Crippen LogP contribution >= 0.6 is 0 Å². The van der Waals surface area contributed by atoms with Gasteiger partial charge in [0.1, 0.15) is 0 Å². The van der Waals surface area contributed by atoms with Crippen LogP contribution in [0.25, 0.3) is 43.6 Å². The number of aromatic nitrogens is 6. The Morgan fingerprint density at radius 3 is 1.47 bits per heavy atom. The van der Waals surface area contributed by atoms with Crippen molar-refractivity contribution in [3.63, 3.8) is 0 Å². The monoisotopic (exact) mass is 830 g/mol. The molecule has 0 bridgehead atoms. The highest BCUT2D eigenvalue weighted by Gasteiger charge is 2.58. The average molecular weight is 831 g/mol. The van der Waals surface area contributed by atoms with Crippen molar-refractivity contribution in [1.82, 2.24) is 28.7 Å². The average Bonchev–Trinajstić information content (AvgIpc) is 4.07. The van der Waals surface area contributed by atoms with Gasteiger partial charge in [-0.1, -0.05) is 61.4 Å². The van der Waals surface area contributed by atoms with Crippen LogP contribution in [0.15, 0.2) is 110 Å². The first-order valence-corrected chi connectivity index (χ1v) is 18.8. The maximum Gasteiger partial charge on any atom is 0.432 e. The fraction of sp³-hybridized carbons (Fsp3) is 0.256. The lowest BCUT2D eigenvalue weighted by Crippen LogP contribution is -2.43. The van der Waals surface area contributed by atoms with Crippen LogP contribution < -0.4 is 0 Å². The van der Waals surface area contributed by atoms with Gasteiger partial charge >= 0.3 is 18.4 Å². The molecule has 17 heteroatoms. The molecular weight excluding hydrogens is 794 g/mol. The van der Waals surface area contributed by atoms with Crippen LogP contribution in [0.1, 0.15) is 52.7 Å². The van der Waals surface area contributed by atoms with Crippen LogP contribution in [0.4, 0.5) is 31.1 Å². The van der Waals surface area contributed by atoms with Crippen LogP contribution in [0.5, 0.6) is 0 Å². The summed E-state index contributed by atoms with van der Waals surface area (Å²) in [5.41, 5.74) is -6.10. The third-order valence-electron chi connectivity index (χ3n) is 11.5. The third-order valence-corrected chi connectivity index (χ3v) is 11.5. The molecule has 4 aromatic heterocycles. The molecule has 8 aromatic rings. The number of nitrogens with zero attached hydrogens (tertiary/aromatic N) is 6. The van der Waals surface area contributed by atoms with Gasteiger partial charge < -0.3 is 24.5 Å². The van der Waals surface area contributed by atoms with Crippen molar-refractivity contribution >= 4 is 55.6 Å². The summed E-state index contributed by atoms with van der Waals surface area (Å²) in [5, 5.41) is 40.3. The lowest BCUT2D eigenvalue weighted by molar-refractivity contribution is -0.248. The number of carbonyl (C=O) groups is 2. The molecule has 1 aliphatic carbocycles. The lowest BCUT2D eigenvalue weighted by atomic mass is 9.85. The molecule has 0 saturated heterocycles. The first kappa shape index (κ1) is 40.3. The maximum atomic E-state index is 14.4. The summed E-state index contributed by atoms with van der Waals surface area (Å²) >= 11 is 0. The van der Waals surface area contributed by atoms with Crippen LogP contribution in [-0.4, -0.2) is 68.4 Å². The van der Waals surface area contributed by atoms with Gasteiger partial charge in [-0.25, -0.2) is 4.79 Å². The molecule has 0 radical (unpaired) electrons. The van der Waals surface area contributed by atoms with Crippen molar-refractivity contribution in [3.05, 3.63) is 132 Å². The number of halogens is 6. The Kier molecular flexibility index (Phi) is 9.66. The highest BCUT2D eigenvalue weighted by Crippen LogP contribution is 2.49. The van der Waals surface area contributed by atoms with Crippen LogP contribution in [0, 0.1) is 5.92 Å².